The molecule has 1 aliphatic heterocycles. The highest BCUT2D eigenvalue weighted by Crippen LogP contribution is 2.14. The minimum atomic E-state index is 0.232. The van der Waals surface area contributed by atoms with Crippen LogP contribution in [0.2, 0.25) is 0 Å². The van der Waals surface area contributed by atoms with Crippen molar-refractivity contribution in [2.75, 3.05) is 33.1 Å². The molecule has 0 saturated carbocycles. The largest absolute Gasteiger partial charge is 0.341 e. The van der Waals surface area contributed by atoms with Crippen molar-refractivity contribution in [2.24, 2.45) is 0 Å². The van der Waals surface area contributed by atoms with E-state index in [1.807, 2.05) is 11.9 Å². The second kappa shape index (κ2) is 6.33. The summed E-state index contributed by atoms with van der Waals surface area (Å²) in [5, 5.41) is 0. The molecule has 1 unspecified atom stereocenters. The van der Waals surface area contributed by atoms with Gasteiger partial charge < -0.3 is 9.80 Å². The van der Waals surface area contributed by atoms with Gasteiger partial charge in [-0.05, 0) is 32.9 Å². The third-order valence-electron chi connectivity index (χ3n) is 3.06. The number of nitrogens with zero attached hydrogens (tertiary/aromatic N) is 2. The van der Waals surface area contributed by atoms with Crippen molar-refractivity contribution in [1.82, 2.24) is 9.80 Å². The van der Waals surface area contributed by atoms with Crippen LogP contribution in [0.3, 0.4) is 0 Å². The van der Waals surface area contributed by atoms with Crippen molar-refractivity contribution in [2.45, 2.75) is 31.7 Å². The number of carbonyl (C=O) groups excluding carboxylic acids is 1. The minimum Gasteiger partial charge on any atom is -0.341 e. The number of likely N-dealkylation sites (N-methyl/N-ethyl adjacent to an activating group) is 2. The summed E-state index contributed by atoms with van der Waals surface area (Å²) in [6.45, 7) is 2.16. The van der Waals surface area contributed by atoms with E-state index in [9.17, 15) is 4.79 Å². The summed E-state index contributed by atoms with van der Waals surface area (Å²) >= 11 is 5.58. The van der Waals surface area contributed by atoms with Gasteiger partial charge in [0.1, 0.15) is 0 Å². The summed E-state index contributed by atoms with van der Waals surface area (Å²) in [5.41, 5.74) is 0. The van der Waals surface area contributed by atoms with Crippen molar-refractivity contribution >= 4 is 17.5 Å². The molecule has 1 saturated heterocycles. The average Bonchev–Trinajstić information content (AvgIpc) is 2.24. The van der Waals surface area contributed by atoms with Gasteiger partial charge in [0, 0.05) is 31.9 Å². The molecule has 1 amide bonds. The molecule has 1 rings (SSSR count). The Labute approximate surface area is 97.4 Å². The summed E-state index contributed by atoms with van der Waals surface area (Å²) in [6.07, 6.45) is 3.69. The van der Waals surface area contributed by atoms with Crippen LogP contribution < -0.4 is 0 Å². The molecule has 0 aromatic carbocycles. The standard InChI is InChI=1S/C11H21ClN2O/c1-13-8-4-5-10(9-13)14(2)11(15)6-3-7-12/h10H,3-9H2,1-2H3. The molecule has 0 aliphatic carbocycles. The van der Waals surface area contributed by atoms with Gasteiger partial charge in [-0.25, -0.2) is 0 Å². The fourth-order valence-corrected chi connectivity index (χ4v) is 2.19. The Balaban J connectivity index is 2.37. The average molecular weight is 233 g/mol. The maximum Gasteiger partial charge on any atom is 0.222 e. The van der Waals surface area contributed by atoms with Gasteiger partial charge >= 0.3 is 0 Å². The number of carbonyl (C=O) groups is 1. The van der Waals surface area contributed by atoms with E-state index >= 15 is 0 Å². The van der Waals surface area contributed by atoms with Gasteiger partial charge in [0.05, 0.1) is 0 Å². The second-order valence-corrected chi connectivity index (χ2v) is 4.73. The van der Waals surface area contributed by atoms with Crippen LogP contribution >= 0.6 is 11.6 Å². The zero-order valence-corrected chi connectivity index (χ0v) is 10.5. The number of piperidine rings is 1. The lowest BCUT2D eigenvalue weighted by Crippen LogP contribution is -2.47. The molecule has 0 bridgehead atoms. The SMILES string of the molecule is CN1CCCC(N(C)C(=O)CCCCl)C1. The zero-order valence-electron chi connectivity index (χ0n) is 9.71. The number of hydrogen-bond donors (Lipinski definition) is 0. The molecule has 1 atom stereocenters. The summed E-state index contributed by atoms with van der Waals surface area (Å²) in [5.74, 6) is 0.806. The Bertz CT molecular complexity index is 211. The number of hydrogen-bond acceptors (Lipinski definition) is 2. The second-order valence-electron chi connectivity index (χ2n) is 4.36. The smallest absolute Gasteiger partial charge is 0.222 e. The van der Waals surface area contributed by atoms with Crippen LogP contribution in [0.5, 0.6) is 0 Å². The summed E-state index contributed by atoms with van der Waals surface area (Å²) in [4.78, 5) is 16.0. The highest BCUT2D eigenvalue weighted by atomic mass is 35.5. The number of likely N-dealkylation sites (tertiary alicyclic amines) is 1. The predicted octanol–water partition coefficient (Wildman–Crippen LogP) is 1.56. The first-order chi connectivity index (χ1) is 7.15. The first-order valence-electron chi connectivity index (χ1n) is 5.65. The summed E-state index contributed by atoms with van der Waals surface area (Å²) in [7, 11) is 4.03. The zero-order chi connectivity index (χ0) is 11.3. The van der Waals surface area contributed by atoms with E-state index in [2.05, 4.69) is 11.9 Å². The van der Waals surface area contributed by atoms with Crippen LogP contribution in [0.1, 0.15) is 25.7 Å². The Kier molecular flexibility index (Phi) is 5.40. The Morgan fingerprint density at radius 3 is 2.93 bits per heavy atom. The Hall–Kier alpha value is -0.280. The van der Waals surface area contributed by atoms with E-state index in [0.29, 0.717) is 18.3 Å². The van der Waals surface area contributed by atoms with Crippen molar-refractivity contribution in [3.63, 3.8) is 0 Å². The van der Waals surface area contributed by atoms with Gasteiger partial charge in [-0.15, -0.1) is 11.6 Å². The lowest BCUT2D eigenvalue weighted by atomic mass is 10.0. The van der Waals surface area contributed by atoms with Crippen LogP contribution in [0.15, 0.2) is 0 Å². The molecule has 15 heavy (non-hydrogen) atoms. The maximum atomic E-state index is 11.8. The van der Waals surface area contributed by atoms with Gasteiger partial charge in [-0.1, -0.05) is 0 Å². The van der Waals surface area contributed by atoms with Gasteiger partial charge in [-0.2, -0.15) is 0 Å². The number of amides is 1. The Morgan fingerprint density at radius 1 is 1.60 bits per heavy atom. The first-order valence-corrected chi connectivity index (χ1v) is 6.18. The molecule has 1 aliphatic rings. The normalized spacial score (nSPS) is 22.7. The van der Waals surface area contributed by atoms with E-state index < -0.39 is 0 Å². The van der Waals surface area contributed by atoms with Crippen LogP contribution in [-0.2, 0) is 4.79 Å². The number of alkyl halides is 1. The Morgan fingerprint density at radius 2 is 2.33 bits per heavy atom. The fraction of sp³-hybridized carbons (Fsp3) is 0.909. The summed E-state index contributed by atoms with van der Waals surface area (Å²) < 4.78 is 0. The highest BCUT2D eigenvalue weighted by molar-refractivity contribution is 6.17. The number of rotatable bonds is 4. The lowest BCUT2D eigenvalue weighted by Gasteiger charge is -2.35. The molecule has 0 N–H and O–H groups in total. The van der Waals surface area contributed by atoms with Crippen LogP contribution in [0.4, 0.5) is 0 Å². The van der Waals surface area contributed by atoms with E-state index in [-0.39, 0.29) is 5.91 Å². The molecule has 0 aromatic heterocycles. The van der Waals surface area contributed by atoms with Crippen molar-refractivity contribution in [1.29, 1.82) is 0 Å². The van der Waals surface area contributed by atoms with Crippen molar-refractivity contribution in [3.8, 4) is 0 Å². The molecular formula is C11H21ClN2O. The molecule has 1 fully saturated rings. The third-order valence-corrected chi connectivity index (χ3v) is 3.33. The minimum absolute atomic E-state index is 0.232. The lowest BCUT2D eigenvalue weighted by molar-refractivity contribution is -0.132. The molecule has 88 valence electrons. The predicted molar refractivity (Wildman–Crippen MR) is 63.2 cm³/mol. The number of halogens is 1. The van der Waals surface area contributed by atoms with Gasteiger partial charge in [-0.3, -0.25) is 4.79 Å². The fourth-order valence-electron chi connectivity index (χ4n) is 2.05. The molecule has 3 nitrogen and oxygen atoms in total. The van der Waals surface area contributed by atoms with Gasteiger partial charge in [0.25, 0.3) is 0 Å². The van der Waals surface area contributed by atoms with Crippen LogP contribution in [0.25, 0.3) is 0 Å². The molecule has 4 heteroatoms. The third kappa shape index (κ3) is 3.99. The topological polar surface area (TPSA) is 23.6 Å². The molecular weight excluding hydrogens is 212 g/mol. The van der Waals surface area contributed by atoms with E-state index in [1.165, 1.54) is 6.42 Å². The van der Waals surface area contributed by atoms with Gasteiger partial charge in [0.15, 0.2) is 0 Å². The van der Waals surface area contributed by atoms with Crippen LogP contribution in [-0.4, -0.2) is 54.8 Å². The van der Waals surface area contributed by atoms with Crippen molar-refractivity contribution in [3.05, 3.63) is 0 Å². The van der Waals surface area contributed by atoms with Crippen LogP contribution in [0, 0.1) is 0 Å². The quantitative estimate of drug-likeness (QED) is 0.687. The molecule has 0 radical (unpaired) electrons. The van der Waals surface area contributed by atoms with E-state index in [1.54, 1.807) is 0 Å². The monoisotopic (exact) mass is 232 g/mol. The highest BCUT2D eigenvalue weighted by Gasteiger charge is 2.23. The maximum absolute atomic E-state index is 11.8. The first kappa shape index (κ1) is 12.8. The van der Waals surface area contributed by atoms with E-state index in [0.717, 1.165) is 25.9 Å². The van der Waals surface area contributed by atoms with E-state index in [4.69, 9.17) is 11.6 Å². The summed E-state index contributed by atoms with van der Waals surface area (Å²) in [6, 6.07) is 0.395. The molecule has 1 heterocycles. The molecule has 0 spiro atoms. The molecule has 0 aromatic rings. The van der Waals surface area contributed by atoms with Crippen molar-refractivity contribution < 1.29 is 4.79 Å². The van der Waals surface area contributed by atoms with Gasteiger partial charge in [0.2, 0.25) is 5.91 Å².